The maximum Gasteiger partial charge on any atom is 0.241 e. The van der Waals surface area contributed by atoms with Crippen molar-refractivity contribution in [2.75, 3.05) is 18.6 Å². The molecule has 0 aromatic heterocycles. The molecule has 1 aliphatic heterocycles. The molecule has 1 rings (SSSR count). The lowest BCUT2D eigenvalue weighted by Crippen LogP contribution is -2.37. The van der Waals surface area contributed by atoms with Gasteiger partial charge in [-0.3, -0.25) is 10.1 Å². The van der Waals surface area contributed by atoms with Crippen molar-refractivity contribution >= 4 is 17.7 Å². The maximum atomic E-state index is 12.2. The molecule has 1 aliphatic rings. The summed E-state index contributed by atoms with van der Waals surface area (Å²) in [6, 6.07) is 0.0745. The first-order valence-corrected chi connectivity index (χ1v) is 8.19. The van der Waals surface area contributed by atoms with Gasteiger partial charge in [-0.05, 0) is 37.7 Å². The van der Waals surface area contributed by atoms with E-state index in [4.69, 9.17) is 0 Å². The summed E-state index contributed by atoms with van der Waals surface area (Å²) in [7, 11) is 0. The zero-order valence-electron chi connectivity index (χ0n) is 11.4. The van der Waals surface area contributed by atoms with Gasteiger partial charge >= 0.3 is 0 Å². The van der Waals surface area contributed by atoms with E-state index in [0.29, 0.717) is 5.91 Å². The molecule has 0 aliphatic carbocycles. The number of nitrogens with zero attached hydrogens (tertiary/aromatic N) is 1. The largest absolute Gasteiger partial charge is 0.326 e. The Morgan fingerprint density at radius 1 is 1.35 bits per heavy atom. The Morgan fingerprint density at radius 2 is 2.12 bits per heavy atom. The van der Waals surface area contributed by atoms with Crippen molar-refractivity contribution in [2.45, 2.75) is 58.2 Å². The standard InChI is InChI=1S/C13H26N2OS/c1-4-8-11-13(16)15(12(5-2)14-11)9-6-7-10-17-3/h11-12,14H,4-10H2,1-3H3. The Labute approximate surface area is 110 Å². The first-order valence-electron chi connectivity index (χ1n) is 6.80. The van der Waals surface area contributed by atoms with Crippen LogP contribution in [0.25, 0.3) is 0 Å². The molecular weight excluding hydrogens is 232 g/mol. The summed E-state index contributed by atoms with van der Waals surface area (Å²) in [6.45, 7) is 5.20. The SMILES string of the molecule is CCCC1NC(CC)N(CCCCSC)C1=O. The molecule has 0 radical (unpaired) electrons. The predicted octanol–water partition coefficient (Wildman–Crippen LogP) is 2.47. The molecule has 1 saturated heterocycles. The quantitative estimate of drug-likeness (QED) is 0.679. The van der Waals surface area contributed by atoms with Crippen molar-refractivity contribution in [1.82, 2.24) is 10.2 Å². The van der Waals surface area contributed by atoms with E-state index in [0.717, 1.165) is 32.2 Å². The zero-order chi connectivity index (χ0) is 12.7. The minimum atomic E-state index is 0.0745. The number of amides is 1. The zero-order valence-corrected chi connectivity index (χ0v) is 12.2. The highest BCUT2D eigenvalue weighted by Crippen LogP contribution is 2.17. The number of hydrogen-bond donors (Lipinski definition) is 1. The number of thioether (sulfide) groups is 1. The summed E-state index contributed by atoms with van der Waals surface area (Å²) in [5.74, 6) is 1.52. The van der Waals surface area contributed by atoms with Gasteiger partial charge in [-0.25, -0.2) is 0 Å². The Hall–Kier alpha value is -0.220. The summed E-state index contributed by atoms with van der Waals surface area (Å²) in [4.78, 5) is 14.2. The average molecular weight is 258 g/mol. The molecule has 1 amide bonds. The van der Waals surface area contributed by atoms with E-state index < -0.39 is 0 Å². The van der Waals surface area contributed by atoms with E-state index in [1.165, 1.54) is 12.2 Å². The molecule has 0 spiro atoms. The predicted molar refractivity (Wildman–Crippen MR) is 75.2 cm³/mol. The molecule has 1 fully saturated rings. The van der Waals surface area contributed by atoms with Crippen LogP contribution >= 0.6 is 11.8 Å². The van der Waals surface area contributed by atoms with Gasteiger partial charge in [0.05, 0.1) is 12.2 Å². The van der Waals surface area contributed by atoms with Crippen LogP contribution in [0.5, 0.6) is 0 Å². The van der Waals surface area contributed by atoms with Gasteiger partial charge in [0, 0.05) is 6.54 Å². The molecule has 17 heavy (non-hydrogen) atoms. The maximum absolute atomic E-state index is 12.2. The lowest BCUT2D eigenvalue weighted by atomic mass is 10.1. The Morgan fingerprint density at radius 3 is 2.71 bits per heavy atom. The number of hydrogen-bond acceptors (Lipinski definition) is 3. The lowest BCUT2D eigenvalue weighted by molar-refractivity contribution is -0.130. The van der Waals surface area contributed by atoms with Crippen molar-refractivity contribution in [3.05, 3.63) is 0 Å². The van der Waals surface area contributed by atoms with Crippen LogP contribution in [0.15, 0.2) is 0 Å². The van der Waals surface area contributed by atoms with Gasteiger partial charge < -0.3 is 4.90 Å². The summed E-state index contributed by atoms with van der Waals surface area (Å²) in [5.41, 5.74) is 0. The van der Waals surface area contributed by atoms with Crippen LogP contribution in [-0.4, -0.2) is 41.6 Å². The fourth-order valence-electron chi connectivity index (χ4n) is 2.38. The Bertz CT molecular complexity index is 235. The van der Waals surface area contributed by atoms with Crippen molar-refractivity contribution < 1.29 is 4.79 Å². The second-order valence-corrected chi connectivity index (χ2v) is 5.65. The van der Waals surface area contributed by atoms with Crippen molar-refractivity contribution in [1.29, 1.82) is 0 Å². The third-order valence-corrected chi connectivity index (χ3v) is 4.01. The highest BCUT2D eigenvalue weighted by atomic mass is 32.2. The van der Waals surface area contributed by atoms with Gasteiger partial charge in [0.25, 0.3) is 0 Å². The summed E-state index contributed by atoms with van der Waals surface area (Å²) < 4.78 is 0. The molecule has 0 aromatic rings. The molecule has 1 N–H and O–H groups in total. The van der Waals surface area contributed by atoms with Crippen LogP contribution in [-0.2, 0) is 4.79 Å². The lowest BCUT2D eigenvalue weighted by Gasteiger charge is -2.22. The highest BCUT2D eigenvalue weighted by Gasteiger charge is 2.36. The van der Waals surface area contributed by atoms with E-state index in [1.807, 2.05) is 11.8 Å². The third kappa shape index (κ3) is 4.18. The number of rotatable bonds is 8. The van der Waals surface area contributed by atoms with Crippen molar-refractivity contribution in [3.8, 4) is 0 Å². The fourth-order valence-corrected chi connectivity index (χ4v) is 2.87. The molecule has 1 heterocycles. The molecule has 0 aromatic carbocycles. The van der Waals surface area contributed by atoms with Gasteiger partial charge in [-0.15, -0.1) is 0 Å². The number of unbranched alkanes of at least 4 members (excludes halogenated alkanes) is 1. The molecule has 3 nitrogen and oxygen atoms in total. The first-order chi connectivity index (χ1) is 8.24. The van der Waals surface area contributed by atoms with E-state index in [9.17, 15) is 4.79 Å². The molecule has 0 saturated carbocycles. The van der Waals surface area contributed by atoms with E-state index in [1.54, 1.807) is 0 Å². The van der Waals surface area contributed by atoms with Gasteiger partial charge in [0.2, 0.25) is 5.91 Å². The van der Waals surface area contributed by atoms with Crippen LogP contribution < -0.4 is 5.32 Å². The minimum Gasteiger partial charge on any atom is -0.326 e. The molecule has 2 unspecified atom stereocenters. The van der Waals surface area contributed by atoms with Crippen LogP contribution in [0.3, 0.4) is 0 Å². The summed E-state index contributed by atoms with van der Waals surface area (Å²) in [5, 5.41) is 3.45. The highest BCUT2D eigenvalue weighted by molar-refractivity contribution is 7.98. The van der Waals surface area contributed by atoms with Crippen molar-refractivity contribution in [3.63, 3.8) is 0 Å². The number of nitrogens with one attached hydrogen (secondary N) is 1. The minimum absolute atomic E-state index is 0.0745. The average Bonchev–Trinajstić information content (AvgIpc) is 2.63. The van der Waals surface area contributed by atoms with Crippen molar-refractivity contribution in [2.24, 2.45) is 0 Å². The molecule has 4 heteroatoms. The molecular formula is C13H26N2OS. The van der Waals surface area contributed by atoms with Gasteiger partial charge in [-0.1, -0.05) is 20.3 Å². The number of carbonyl (C=O) groups excluding carboxylic acids is 1. The first kappa shape index (κ1) is 14.8. The Kier molecular flexibility index (Phi) is 6.97. The second-order valence-electron chi connectivity index (χ2n) is 4.66. The fraction of sp³-hybridized carbons (Fsp3) is 0.923. The van der Waals surface area contributed by atoms with E-state index in [-0.39, 0.29) is 12.2 Å². The van der Waals surface area contributed by atoms with Gasteiger partial charge in [-0.2, -0.15) is 11.8 Å². The topological polar surface area (TPSA) is 32.3 Å². The van der Waals surface area contributed by atoms with Gasteiger partial charge in [0.15, 0.2) is 0 Å². The van der Waals surface area contributed by atoms with Crippen LogP contribution in [0.1, 0.15) is 46.0 Å². The van der Waals surface area contributed by atoms with E-state index >= 15 is 0 Å². The molecule has 0 bridgehead atoms. The van der Waals surface area contributed by atoms with Crippen LogP contribution in [0.2, 0.25) is 0 Å². The summed E-state index contributed by atoms with van der Waals surface area (Å²) in [6.07, 6.45) is 7.79. The monoisotopic (exact) mass is 258 g/mol. The molecule has 100 valence electrons. The van der Waals surface area contributed by atoms with Crippen LogP contribution in [0.4, 0.5) is 0 Å². The molecule has 2 atom stereocenters. The third-order valence-electron chi connectivity index (χ3n) is 3.31. The van der Waals surface area contributed by atoms with Crippen LogP contribution in [0, 0.1) is 0 Å². The smallest absolute Gasteiger partial charge is 0.241 e. The summed E-state index contributed by atoms with van der Waals surface area (Å²) >= 11 is 1.88. The second kappa shape index (κ2) is 7.98. The number of carbonyl (C=O) groups is 1. The Balaban J connectivity index is 2.41. The normalized spacial score (nSPS) is 24.6. The van der Waals surface area contributed by atoms with E-state index in [2.05, 4.69) is 30.3 Å². The van der Waals surface area contributed by atoms with Gasteiger partial charge in [0.1, 0.15) is 0 Å².